The average molecular weight is 286 g/mol. The smallest absolute Gasteiger partial charge is 0.132 e. The Labute approximate surface area is 124 Å². The number of nitrogens with one attached hydrogen (secondary N) is 1. The van der Waals surface area contributed by atoms with E-state index in [1.54, 1.807) is 0 Å². The van der Waals surface area contributed by atoms with Crippen LogP contribution in [-0.2, 0) is 0 Å². The zero-order chi connectivity index (χ0) is 14.1. The molecule has 2 aliphatic rings. The minimum absolute atomic E-state index is 0.218. The Kier molecular flexibility index (Phi) is 3.42. The number of benzene rings is 1. The van der Waals surface area contributed by atoms with Crippen molar-refractivity contribution in [3.05, 3.63) is 47.3 Å². The second-order valence-electron chi connectivity index (χ2n) is 5.04. The van der Waals surface area contributed by atoms with E-state index in [1.165, 1.54) is 0 Å². The Hall–Kier alpha value is -1.92. The fourth-order valence-electron chi connectivity index (χ4n) is 2.68. The highest BCUT2D eigenvalue weighted by atomic mass is 35.5. The Morgan fingerprint density at radius 1 is 1.40 bits per heavy atom. The van der Waals surface area contributed by atoms with Crippen molar-refractivity contribution in [3.8, 4) is 6.07 Å². The van der Waals surface area contributed by atoms with Gasteiger partial charge in [-0.1, -0.05) is 37.1 Å². The molecule has 3 nitrogen and oxygen atoms in total. The molecule has 0 aliphatic carbocycles. The molecule has 0 bridgehead atoms. The van der Waals surface area contributed by atoms with E-state index in [9.17, 15) is 5.26 Å². The molecule has 1 aromatic rings. The summed E-state index contributed by atoms with van der Waals surface area (Å²) in [6, 6.07) is 10.3. The summed E-state index contributed by atoms with van der Waals surface area (Å²) in [4.78, 5) is 2.03. The molecule has 0 saturated heterocycles. The standard InChI is InChI=1S/C16H16ClN3/c1-2-3-6-11-9-12(10-18)16-19-13-7-4-5-8-14(13)20(16)15(11)17/h4-5,7-9,15,19H,2-3,6H2,1H3. The maximum atomic E-state index is 9.38. The van der Waals surface area contributed by atoms with Crippen molar-refractivity contribution in [1.29, 1.82) is 5.26 Å². The summed E-state index contributed by atoms with van der Waals surface area (Å²) < 4.78 is 0. The number of fused-ring (bicyclic) bond motifs is 3. The number of hydrogen-bond donors (Lipinski definition) is 1. The first kappa shape index (κ1) is 13.1. The molecule has 0 spiro atoms. The van der Waals surface area contributed by atoms with Gasteiger partial charge in [0.25, 0.3) is 0 Å². The number of para-hydroxylation sites is 2. The lowest BCUT2D eigenvalue weighted by molar-refractivity contribution is 0.744. The first-order valence-electron chi connectivity index (χ1n) is 6.90. The van der Waals surface area contributed by atoms with Gasteiger partial charge in [-0.25, -0.2) is 0 Å². The highest BCUT2D eigenvalue weighted by molar-refractivity contribution is 6.24. The summed E-state index contributed by atoms with van der Waals surface area (Å²) in [5, 5.41) is 12.7. The van der Waals surface area contributed by atoms with Gasteiger partial charge >= 0.3 is 0 Å². The molecule has 1 aromatic carbocycles. The SMILES string of the molecule is CCCCC1=CC(C#N)=C2Nc3ccccc3N2C1Cl. The normalized spacial score (nSPS) is 19.9. The molecule has 0 fully saturated rings. The Bertz CT molecular complexity index is 639. The third kappa shape index (κ3) is 1.97. The van der Waals surface area contributed by atoms with Crippen LogP contribution in [0, 0.1) is 11.3 Å². The minimum Gasteiger partial charge on any atom is -0.339 e. The summed E-state index contributed by atoms with van der Waals surface area (Å²) in [6.07, 6.45) is 5.08. The molecule has 3 rings (SSSR count). The first-order chi connectivity index (χ1) is 9.76. The van der Waals surface area contributed by atoms with Crippen LogP contribution in [0.1, 0.15) is 26.2 Å². The second kappa shape index (κ2) is 5.22. The number of nitriles is 1. The number of hydrogen-bond acceptors (Lipinski definition) is 3. The third-order valence-electron chi connectivity index (χ3n) is 3.71. The molecule has 2 aliphatic heterocycles. The van der Waals surface area contributed by atoms with Crippen molar-refractivity contribution < 1.29 is 0 Å². The van der Waals surface area contributed by atoms with E-state index in [-0.39, 0.29) is 5.50 Å². The summed E-state index contributed by atoms with van der Waals surface area (Å²) in [6.45, 7) is 2.16. The number of nitrogens with zero attached hydrogens (tertiary/aromatic N) is 2. The van der Waals surface area contributed by atoms with Crippen LogP contribution in [0.25, 0.3) is 0 Å². The lowest BCUT2D eigenvalue weighted by Crippen LogP contribution is -2.34. The summed E-state index contributed by atoms with van der Waals surface area (Å²) in [5.41, 5.74) is 3.60. The van der Waals surface area contributed by atoms with E-state index in [4.69, 9.17) is 11.6 Å². The van der Waals surface area contributed by atoms with E-state index < -0.39 is 0 Å². The predicted octanol–water partition coefficient (Wildman–Crippen LogP) is 4.35. The summed E-state index contributed by atoms with van der Waals surface area (Å²) in [7, 11) is 0. The van der Waals surface area contributed by atoms with Gasteiger partial charge in [0, 0.05) is 0 Å². The number of rotatable bonds is 3. The van der Waals surface area contributed by atoms with E-state index >= 15 is 0 Å². The van der Waals surface area contributed by atoms with E-state index in [1.807, 2.05) is 35.2 Å². The molecule has 1 N–H and O–H groups in total. The first-order valence-corrected chi connectivity index (χ1v) is 7.34. The van der Waals surface area contributed by atoms with Gasteiger partial charge in [0.15, 0.2) is 0 Å². The van der Waals surface area contributed by atoms with Crippen LogP contribution in [0.3, 0.4) is 0 Å². The van der Waals surface area contributed by atoms with Gasteiger partial charge in [-0.05, 0) is 36.6 Å². The van der Waals surface area contributed by atoms with Crippen LogP contribution in [0.15, 0.2) is 47.3 Å². The fourth-order valence-corrected chi connectivity index (χ4v) is 3.05. The van der Waals surface area contributed by atoms with Crippen molar-refractivity contribution >= 4 is 23.0 Å². The second-order valence-corrected chi connectivity index (χ2v) is 5.46. The number of allylic oxidation sites excluding steroid dienone is 2. The maximum Gasteiger partial charge on any atom is 0.132 e. The van der Waals surface area contributed by atoms with Gasteiger partial charge in [0.2, 0.25) is 0 Å². The van der Waals surface area contributed by atoms with Crippen LogP contribution in [-0.4, -0.2) is 5.50 Å². The topological polar surface area (TPSA) is 39.1 Å². The highest BCUT2D eigenvalue weighted by Gasteiger charge is 2.35. The van der Waals surface area contributed by atoms with Crippen LogP contribution in [0.5, 0.6) is 0 Å². The van der Waals surface area contributed by atoms with Crippen LogP contribution in [0.4, 0.5) is 11.4 Å². The van der Waals surface area contributed by atoms with Gasteiger partial charge < -0.3 is 10.2 Å². The average Bonchev–Trinajstić information content (AvgIpc) is 2.86. The number of anilines is 2. The molecular formula is C16H16ClN3. The highest BCUT2D eigenvalue weighted by Crippen LogP contribution is 2.44. The molecular weight excluding hydrogens is 270 g/mol. The summed E-state index contributed by atoms with van der Waals surface area (Å²) >= 11 is 6.64. The number of alkyl halides is 1. The largest absolute Gasteiger partial charge is 0.339 e. The lowest BCUT2D eigenvalue weighted by Gasteiger charge is -2.31. The lowest BCUT2D eigenvalue weighted by atomic mass is 10.0. The molecule has 1 unspecified atom stereocenters. The maximum absolute atomic E-state index is 9.38. The molecule has 20 heavy (non-hydrogen) atoms. The van der Waals surface area contributed by atoms with Crippen molar-refractivity contribution in [2.45, 2.75) is 31.7 Å². The summed E-state index contributed by atoms with van der Waals surface area (Å²) in [5.74, 6) is 0.800. The Morgan fingerprint density at radius 3 is 2.95 bits per heavy atom. The van der Waals surface area contributed by atoms with Gasteiger partial charge in [-0.3, -0.25) is 0 Å². The monoisotopic (exact) mass is 285 g/mol. The minimum atomic E-state index is -0.218. The molecule has 0 aromatic heterocycles. The number of unbranched alkanes of at least 4 members (excludes halogenated alkanes) is 1. The number of halogens is 1. The zero-order valence-corrected chi connectivity index (χ0v) is 12.1. The van der Waals surface area contributed by atoms with Crippen LogP contribution >= 0.6 is 11.6 Å². The van der Waals surface area contributed by atoms with Crippen molar-refractivity contribution in [3.63, 3.8) is 0 Å². The van der Waals surface area contributed by atoms with E-state index in [0.29, 0.717) is 5.57 Å². The van der Waals surface area contributed by atoms with Crippen molar-refractivity contribution in [2.24, 2.45) is 0 Å². The Balaban J connectivity index is 2.04. The molecule has 0 saturated carbocycles. The molecule has 0 radical (unpaired) electrons. The van der Waals surface area contributed by atoms with Crippen molar-refractivity contribution in [2.75, 3.05) is 10.2 Å². The van der Waals surface area contributed by atoms with Crippen LogP contribution in [0.2, 0.25) is 0 Å². The van der Waals surface area contributed by atoms with Crippen LogP contribution < -0.4 is 10.2 Å². The fraction of sp³-hybridized carbons (Fsp3) is 0.312. The van der Waals surface area contributed by atoms with Gasteiger partial charge in [0.05, 0.1) is 16.9 Å². The van der Waals surface area contributed by atoms with E-state index in [0.717, 1.165) is 42.0 Å². The predicted molar refractivity (Wildman–Crippen MR) is 82.4 cm³/mol. The third-order valence-corrected chi connectivity index (χ3v) is 4.19. The Morgan fingerprint density at radius 2 is 2.20 bits per heavy atom. The van der Waals surface area contributed by atoms with Crippen molar-refractivity contribution in [1.82, 2.24) is 0 Å². The van der Waals surface area contributed by atoms with Gasteiger partial charge in [0.1, 0.15) is 17.4 Å². The van der Waals surface area contributed by atoms with Gasteiger partial charge in [-0.15, -0.1) is 0 Å². The quantitative estimate of drug-likeness (QED) is 0.663. The molecule has 102 valence electrons. The van der Waals surface area contributed by atoms with Gasteiger partial charge in [-0.2, -0.15) is 5.26 Å². The molecule has 2 heterocycles. The zero-order valence-electron chi connectivity index (χ0n) is 11.4. The van der Waals surface area contributed by atoms with E-state index in [2.05, 4.69) is 18.3 Å². The molecule has 0 amide bonds. The molecule has 1 atom stereocenters. The molecule has 4 heteroatoms.